The van der Waals surface area contributed by atoms with E-state index in [1.54, 1.807) is 42.3 Å². The summed E-state index contributed by atoms with van der Waals surface area (Å²) in [6.45, 7) is 0. The first kappa shape index (κ1) is 21.3. The number of aromatic nitrogens is 3. The molecule has 0 aliphatic heterocycles. The van der Waals surface area contributed by atoms with Crippen molar-refractivity contribution in [1.29, 1.82) is 0 Å². The van der Waals surface area contributed by atoms with Gasteiger partial charge in [0.15, 0.2) is 11.2 Å². The van der Waals surface area contributed by atoms with Crippen molar-refractivity contribution in [3.05, 3.63) is 69.8 Å². The van der Waals surface area contributed by atoms with Crippen LogP contribution in [0.5, 0.6) is 17.4 Å². The van der Waals surface area contributed by atoms with E-state index < -0.39 is 0 Å². The molecule has 2 heterocycles. The van der Waals surface area contributed by atoms with E-state index in [1.807, 2.05) is 32.3 Å². The SMILES string of the molecule is COc1ccc(Oc2cc(NNc3cc(=O)c4ccccc4[nH]3)nc(N(C)C)n2)c(Cl)c1. The van der Waals surface area contributed by atoms with Crippen LogP contribution >= 0.6 is 11.6 Å². The summed E-state index contributed by atoms with van der Waals surface area (Å²) in [6.07, 6.45) is 0. The van der Waals surface area contributed by atoms with Crippen LogP contribution in [-0.2, 0) is 0 Å². The molecule has 0 radical (unpaired) electrons. The summed E-state index contributed by atoms with van der Waals surface area (Å²) < 4.78 is 11.0. The Labute approximate surface area is 189 Å². The van der Waals surface area contributed by atoms with E-state index in [0.717, 1.165) is 5.52 Å². The topological polar surface area (TPSA) is 104 Å². The molecule has 9 nitrogen and oxygen atoms in total. The van der Waals surface area contributed by atoms with Crippen molar-refractivity contribution in [3.8, 4) is 17.4 Å². The van der Waals surface area contributed by atoms with Gasteiger partial charge in [0.1, 0.15) is 17.3 Å². The molecule has 0 aliphatic carbocycles. The van der Waals surface area contributed by atoms with Crippen LogP contribution in [0.4, 0.5) is 17.6 Å². The molecule has 0 fully saturated rings. The minimum Gasteiger partial charge on any atom is -0.497 e. The third-order valence-corrected chi connectivity index (χ3v) is 4.80. The zero-order valence-corrected chi connectivity index (χ0v) is 18.4. The monoisotopic (exact) mass is 452 g/mol. The molecule has 4 rings (SSSR count). The Morgan fingerprint density at radius 3 is 2.59 bits per heavy atom. The lowest BCUT2D eigenvalue weighted by Gasteiger charge is -2.16. The maximum Gasteiger partial charge on any atom is 0.230 e. The van der Waals surface area contributed by atoms with Gasteiger partial charge in [0, 0.05) is 37.7 Å². The molecule has 0 amide bonds. The number of methoxy groups -OCH3 is 1. The second-order valence-corrected chi connectivity index (χ2v) is 7.43. The Morgan fingerprint density at radius 1 is 1.03 bits per heavy atom. The number of halogens is 1. The number of para-hydroxylation sites is 1. The molecular weight excluding hydrogens is 432 g/mol. The fraction of sp³-hybridized carbons (Fsp3) is 0.136. The van der Waals surface area contributed by atoms with Crippen molar-refractivity contribution < 1.29 is 9.47 Å². The highest BCUT2D eigenvalue weighted by Crippen LogP contribution is 2.32. The lowest BCUT2D eigenvalue weighted by molar-refractivity contribution is 0.412. The van der Waals surface area contributed by atoms with E-state index in [9.17, 15) is 4.79 Å². The molecule has 0 unspecified atom stereocenters. The third-order valence-electron chi connectivity index (χ3n) is 4.51. The first-order chi connectivity index (χ1) is 15.4. The van der Waals surface area contributed by atoms with Gasteiger partial charge in [0.05, 0.1) is 17.6 Å². The Bertz CT molecular complexity index is 1320. The number of hydrogen-bond acceptors (Lipinski definition) is 8. The lowest BCUT2D eigenvalue weighted by Crippen LogP contribution is -2.17. The number of ether oxygens (including phenoxy) is 2. The van der Waals surface area contributed by atoms with Crippen LogP contribution in [-0.4, -0.2) is 36.2 Å². The number of H-pyrrole nitrogens is 1. The van der Waals surface area contributed by atoms with Gasteiger partial charge in [-0.15, -0.1) is 0 Å². The van der Waals surface area contributed by atoms with Crippen LogP contribution in [0.2, 0.25) is 5.02 Å². The molecular formula is C22H21ClN6O3. The van der Waals surface area contributed by atoms with Crippen LogP contribution in [0.25, 0.3) is 10.9 Å². The van der Waals surface area contributed by atoms with Gasteiger partial charge in [-0.25, -0.2) is 0 Å². The minimum absolute atomic E-state index is 0.0986. The summed E-state index contributed by atoms with van der Waals surface area (Å²) in [5, 5.41) is 0.998. The first-order valence-electron chi connectivity index (χ1n) is 9.65. The maximum atomic E-state index is 12.3. The molecule has 0 spiro atoms. The van der Waals surface area contributed by atoms with Crippen LogP contribution in [0.1, 0.15) is 0 Å². The van der Waals surface area contributed by atoms with Crippen LogP contribution < -0.4 is 30.7 Å². The average molecular weight is 453 g/mol. The molecule has 0 saturated heterocycles. The molecule has 3 N–H and O–H groups in total. The summed E-state index contributed by atoms with van der Waals surface area (Å²) in [5.74, 6) is 2.66. The second kappa shape index (κ2) is 9.03. The number of aromatic amines is 1. The average Bonchev–Trinajstić information content (AvgIpc) is 2.79. The summed E-state index contributed by atoms with van der Waals surface area (Å²) >= 11 is 6.28. The van der Waals surface area contributed by atoms with Gasteiger partial charge in [-0.2, -0.15) is 9.97 Å². The van der Waals surface area contributed by atoms with E-state index >= 15 is 0 Å². The molecule has 2 aromatic heterocycles. The Kier molecular flexibility index (Phi) is 6.00. The van der Waals surface area contributed by atoms with Gasteiger partial charge in [-0.1, -0.05) is 23.7 Å². The van der Waals surface area contributed by atoms with Crippen LogP contribution in [0, 0.1) is 0 Å². The maximum absolute atomic E-state index is 12.3. The second-order valence-electron chi connectivity index (χ2n) is 7.03. The Balaban J connectivity index is 1.59. The van der Waals surface area contributed by atoms with Crippen molar-refractivity contribution in [2.75, 3.05) is 37.0 Å². The molecule has 10 heteroatoms. The van der Waals surface area contributed by atoms with E-state index in [0.29, 0.717) is 39.5 Å². The highest BCUT2D eigenvalue weighted by molar-refractivity contribution is 6.32. The number of pyridine rings is 1. The van der Waals surface area contributed by atoms with Gasteiger partial charge < -0.3 is 19.4 Å². The van der Waals surface area contributed by atoms with E-state index in [2.05, 4.69) is 25.8 Å². The number of hydrazine groups is 1. The minimum atomic E-state index is -0.0986. The highest BCUT2D eigenvalue weighted by atomic mass is 35.5. The fourth-order valence-corrected chi connectivity index (χ4v) is 3.14. The van der Waals surface area contributed by atoms with Crippen molar-refractivity contribution in [1.82, 2.24) is 15.0 Å². The number of nitrogens with one attached hydrogen (secondary N) is 3. The molecule has 0 atom stereocenters. The van der Waals surface area contributed by atoms with Crippen molar-refractivity contribution >= 4 is 40.1 Å². The zero-order chi connectivity index (χ0) is 22.7. The molecule has 0 aliphatic rings. The quantitative estimate of drug-likeness (QED) is 0.357. The fourth-order valence-electron chi connectivity index (χ4n) is 2.93. The molecule has 4 aromatic rings. The molecule has 2 aromatic carbocycles. The van der Waals surface area contributed by atoms with Crippen molar-refractivity contribution in [3.63, 3.8) is 0 Å². The van der Waals surface area contributed by atoms with E-state index in [-0.39, 0.29) is 11.3 Å². The summed E-state index contributed by atoms with van der Waals surface area (Å²) in [4.78, 5) is 26.1. The number of benzene rings is 2. The van der Waals surface area contributed by atoms with Gasteiger partial charge in [-0.3, -0.25) is 15.6 Å². The molecule has 0 saturated carbocycles. The molecule has 164 valence electrons. The number of rotatable bonds is 7. The number of nitrogens with zero attached hydrogens (tertiary/aromatic N) is 3. The molecule has 32 heavy (non-hydrogen) atoms. The normalized spacial score (nSPS) is 10.6. The summed E-state index contributed by atoms with van der Waals surface area (Å²) in [7, 11) is 5.20. The van der Waals surface area contributed by atoms with Gasteiger partial charge in [-0.05, 0) is 24.3 Å². The number of hydrogen-bond donors (Lipinski definition) is 3. The van der Waals surface area contributed by atoms with Gasteiger partial charge in [0.2, 0.25) is 11.8 Å². The lowest BCUT2D eigenvalue weighted by atomic mass is 10.2. The van der Waals surface area contributed by atoms with Gasteiger partial charge in [0.25, 0.3) is 0 Å². The predicted octanol–water partition coefficient (Wildman–Crippen LogP) is 4.28. The van der Waals surface area contributed by atoms with E-state index in [4.69, 9.17) is 21.1 Å². The zero-order valence-electron chi connectivity index (χ0n) is 17.6. The van der Waals surface area contributed by atoms with Crippen molar-refractivity contribution in [2.24, 2.45) is 0 Å². The van der Waals surface area contributed by atoms with E-state index in [1.165, 1.54) is 6.07 Å². The van der Waals surface area contributed by atoms with Gasteiger partial charge >= 0.3 is 0 Å². The number of fused-ring (bicyclic) bond motifs is 1. The van der Waals surface area contributed by atoms with Crippen molar-refractivity contribution in [2.45, 2.75) is 0 Å². The largest absolute Gasteiger partial charge is 0.497 e. The smallest absolute Gasteiger partial charge is 0.230 e. The first-order valence-corrected chi connectivity index (χ1v) is 10.0. The highest BCUT2D eigenvalue weighted by Gasteiger charge is 2.11. The summed E-state index contributed by atoms with van der Waals surface area (Å²) in [5.41, 5.74) is 6.56. The Morgan fingerprint density at radius 2 is 1.84 bits per heavy atom. The van der Waals surface area contributed by atoms with Crippen LogP contribution in [0.3, 0.4) is 0 Å². The predicted molar refractivity (Wildman–Crippen MR) is 126 cm³/mol. The third kappa shape index (κ3) is 4.68. The summed E-state index contributed by atoms with van der Waals surface area (Å²) in [6, 6.07) is 15.5. The Hall–Kier alpha value is -3.98. The number of anilines is 3. The molecule has 0 bridgehead atoms. The van der Waals surface area contributed by atoms with Crippen LogP contribution in [0.15, 0.2) is 59.4 Å². The standard InChI is InChI=1S/C22H21ClN6O3/c1-29(2)22-25-20(12-21(26-22)32-18-9-8-13(31-3)10-15(18)23)28-27-19-11-17(30)14-6-4-5-7-16(14)24-19/h4-12H,1-3H3,(H2,24,27,30)(H,25,26,28).